The van der Waals surface area contributed by atoms with E-state index < -0.39 is 0 Å². The molecule has 2 aromatic rings. The Morgan fingerprint density at radius 2 is 2.27 bits per heavy atom. The number of thiophene rings is 1. The van der Waals surface area contributed by atoms with E-state index >= 15 is 0 Å². The molecule has 4 heteroatoms. The Kier molecular flexibility index (Phi) is 3.32. The number of aromatic amines is 1. The Morgan fingerprint density at radius 1 is 1.33 bits per heavy atom. The summed E-state index contributed by atoms with van der Waals surface area (Å²) in [6.45, 7) is 1.42. The summed E-state index contributed by atoms with van der Waals surface area (Å²) in [4.78, 5) is 15.5. The SMILES string of the molecule is O=c1cc[nH]cc1CNCc1cccs1. The highest BCUT2D eigenvalue weighted by Gasteiger charge is 1.97. The fraction of sp³-hybridized carbons (Fsp3) is 0.182. The molecule has 2 heterocycles. The van der Waals surface area contributed by atoms with Crippen LogP contribution in [0.15, 0.2) is 40.8 Å². The Morgan fingerprint density at radius 3 is 3.00 bits per heavy atom. The predicted octanol–water partition coefficient (Wildman–Crippen LogP) is 1.73. The Hall–Kier alpha value is -1.39. The molecule has 0 bridgehead atoms. The van der Waals surface area contributed by atoms with Gasteiger partial charge in [0.2, 0.25) is 0 Å². The summed E-state index contributed by atoms with van der Waals surface area (Å²) >= 11 is 1.71. The summed E-state index contributed by atoms with van der Waals surface area (Å²) < 4.78 is 0. The lowest BCUT2D eigenvalue weighted by atomic mass is 10.3. The van der Waals surface area contributed by atoms with Crippen LogP contribution in [0.1, 0.15) is 10.4 Å². The topological polar surface area (TPSA) is 44.9 Å². The summed E-state index contributed by atoms with van der Waals surface area (Å²) in [7, 11) is 0. The van der Waals surface area contributed by atoms with Gasteiger partial charge in [-0.3, -0.25) is 4.79 Å². The van der Waals surface area contributed by atoms with Gasteiger partial charge in [-0.25, -0.2) is 0 Å². The molecule has 0 saturated carbocycles. The molecule has 3 nitrogen and oxygen atoms in total. The van der Waals surface area contributed by atoms with E-state index in [4.69, 9.17) is 0 Å². The second-order valence-electron chi connectivity index (χ2n) is 3.22. The molecule has 0 unspecified atom stereocenters. The van der Waals surface area contributed by atoms with E-state index in [0.29, 0.717) is 6.54 Å². The van der Waals surface area contributed by atoms with Crippen LogP contribution in [0.25, 0.3) is 0 Å². The van der Waals surface area contributed by atoms with Gasteiger partial charge in [-0.2, -0.15) is 0 Å². The van der Waals surface area contributed by atoms with E-state index in [-0.39, 0.29) is 5.43 Å². The zero-order valence-corrected chi connectivity index (χ0v) is 9.01. The van der Waals surface area contributed by atoms with E-state index in [1.165, 1.54) is 4.88 Å². The van der Waals surface area contributed by atoms with Gasteiger partial charge in [0.05, 0.1) is 0 Å². The number of hydrogen-bond donors (Lipinski definition) is 2. The summed E-state index contributed by atoms with van der Waals surface area (Å²) in [5, 5.41) is 5.28. The van der Waals surface area contributed by atoms with Crippen LogP contribution in [-0.4, -0.2) is 4.98 Å². The van der Waals surface area contributed by atoms with E-state index in [9.17, 15) is 4.79 Å². The van der Waals surface area contributed by atoms with Gasteiger partial charge in [0.1, 0.15) is 0 Å². The maximum Gasteiger partial charge on any atom is 0.186 e. The quantitative estimate of drug-likeness (QED) is 0.824. The van der Waals surface area contributed by atoms with Crippen molar-refractivity contribution in [2.45, 2.75) is 13.1 Å². The van der Waals surface area contributed by atoms with Crippen LogP contribution < -0.4 is 10.7 Å². The summed E-state index contributed by atoms with van der Waals surface area (Å²) in [5.41, 5.74) is 0.849. The fourth-order valence-electron chi connectivity index (χ4n) is 1.32. The number of aromatic nitrogens is 1. The first-order valence-corrected chi connectivity index (χ1v) is 5.63. The number of pyridine rings is 1. The van der Waals surface area contributed by atoms with Crippen LogP contribution >= 0.6 is 11.3 Å². The van der Waals surface area contributed by atoms with Crippen molar-refractivity contribution >= 4 is 11.3 Å². The molecular formula is C11H12N2OS. The maximum atomic E-state index is 11.4. The first-order valence-electron chi connectivity index (χ1n) is 4.75. The maximum absolute atomic E-state index is 11.4. The average molecular weight is 220 g/mol. The van der Waals surface area contributed by atoms with Crippen LogP contribution in [0.5, 0.6) is 0 Å². The molecule has 0 fully saturated rings. The fourth-order valence-corrected chi connectivity index (χ4v) is 2.00. The molecule has 0 atom stereocenters. The number of nitrogens with one attached hydrogen (secondary N) is 2. The van der Waals surface area contributed by atoms with Crippen molar-refractivity contribution in [1.82, 2.24) is 10.3 Å². The molecule has 2 N–H and O–H groups in total. The lowest BCUT2D eigenvalue weighted by Crippen LogP contribution is -2.18. The molecular weight excluding hydrogens is 208 g/mol. The van der Waals surface area contributed by atoms with Gasteiger partial charge in [0, 0.05) is 42.0 Å². The summed E-state index contributed by atoms with van der Waals surface area (Å²) in [5.74, 6) is 0. The van der Waals surface area contributed by atoms with Crippen molar-refractivity contribution in [2.24, 2.45) is 0 Å². The summed E-state index contributed by atoms with van der Waals surface area (Å²) in [6.07, 6.45) is 3.38. The van der Waals surface area contributed by atoms with E-state index in [0.717, 1.165) is 12.1 Å². The number of H-pyrrole nitrogens is 1. The van der Waals surface area contributed by atoms with Crippen LogP contribution in [0, 0.1) is 0 Å². The molecule has 0 aliphatic heterocycles. The molecule has 0 spiro atoms. The molecule has 0 radical (unpaired) electrons. The molecule has 0 saturated heterocycles. The zero-order valence-electron chi connectivity index (χ0n) is 8.19. The lowest BCUT2D eigenvalue weighted by Gasteiger charge is -2.01. The first-order chi connectivity index (χ1) is 7.36. The number of hydrogen-bond acceptors (Lipinski definition) is 3. The van der Waals surface area contributed by atoms with Crippen molar-refractivity contribution in [2.75, 3.05) is 0 Å². The second kappa shape index (κ2) is 4.91. The zero-order chi connectivity index (χ0) is 10.5. The first kappa shape index (κ1) is 10.1. The second-order valence-corrected chi connectivity index (χ2v) is 4.25. The molecule has 0 aliphatic carbocycles. The van der Waals surface area contributed by atoms with Gasteiger partial charge in [-0.15, -0.1) is 11.3 Å². The third kappa shape index (κ3) is 2.78. The smallest absolute Gasteiger partial charge is 0.186 e. The highest BCUT2D eigenvalue weighted by atomic mass is 32.1. The Bertz CT molecular complexity index is 461. The highest BCUT2D eigenvalue weighted by molar-refractivity contribution is 7.09. The molecule has 2 aromatic heterocycles. The normalized spacial score (nSPS) is 10.4. The van der Waals surface area contributed by atoms with E-state index in [1.54, 1.807) is 29.8 Å². The molecule has 0 amide bonds. The van der Waals surface area contributed by atoms with Gasteiger partial charge >= 0.3 is 0 Å². The molecule has 2 rings (SSSR count). The van der Waals surface area contributed by atoms with Crippen molar-refractivity contribution < 1.29 is 0 Å². The molecule has 78 valence electrons. The van der Waals surface area contributed by atoms with E-state index in [2.05, 4.69) is 16.4 Å². The van der Waals surface area contributed by atoms with Crippen LogP contribution in [-0.2, 0) is 13.1 Å². The Labute approximate surface area is 91.8 Å². The monoisotopic (exact) mass is 220 g/mol. The minimum absolute atomic E-state index is 0.0763. The van der Waals surface area contributed by atoms with Gasteiger partial charge in [-0.1, -0.05) is 6.07 Å². The van der Waals surface area contributed by atoms with Crippen LogP contribution in [0.3, 0.4) is 0 Å². The molecule has 0 aromatic carbocycles. The van der Waals surface area contributed by atoms with Crippen LogP contribution in [0.4, 0.5) is 0 Å². The largest absolute Gasteiger partial charge is 0.367 e. The van der Waals surface area contributed by atoms with Crippen LogP contribution in [0.2, 0.25) is 0 Å². The van der Waals surface area contributed by atoms with Gasteiger partial charge in [0.15, 0.2) is 5.43 Å². The molecule has 0 aliphatic rings. The van der Waals surface area contributed by atoms with Crippen molar-refractivity contribution in [1.29, 1.82) is 0 Å². The van der Waals surface area contributed by atoms with Gasteiger partial charge in [-0.05, 0) is 11.4 Å². The average Bonchev–Trinajstić information content (AvgIpc) is 2.74. The van der Waals surface area contributed by atoms with Gasteiger partial charge in [0.25, 0.3) is 0 Å². The predicted molar refractivity (Wildman–Crippen MR) is 61.9 cm³/mol. The number of rotatable bonds is 4. The minimum Gasteiger partial charge on any atom is -0.367 e. The van der Waals surface area contributed by atoms with Gasteiger partial charge < -0.3 is 10.3 Å². The summed E-state index contributed by atoms with van der Waals surface area (Å²) in [6, 6.07) is 5.64. The van der Waals surface area contributed by atoms with Crippen molar-refractivity contribution in [3.05, 3.63) is 56.6 Å². The minimum atomic E-state index is 0.0763. The lowest BCUT2D eigenvalue weighted by molar-refractivity contribution is 0.695. The third-order valence-corrected chi connectivity index (χ3v) is 2.98. The van der Waals surface area contributed by atoms with Crippen molar-refractivity contribution in [3.63, 3.8) is 0 Å². The molecule has 15 heavy (non-hydrogen) atoms. The Balaban J connectivity index is 1.89. The highest BCUT2D eigenvalue weighted by Crippen LogP contribution is 2.07. The standard InChI is InChI=1S/C11H12N2OS/c14-11-3-4-12-6-9(11)7-13-8-10-2-1-5-15-10/h1-6,13H,7-8H2,(H,12,14). The van der Waals surface area contributed by atoms with Crippen molar-refractivity contribution in [3.8, 4) is 0 Å². The third-order valence-electron chi connectivity index (χ3n) is 2.10. The van der Waals surface area contributed by atoms with E-state index in [1.807, 2.05) is 11.4 Å².